The molecule has 0 aliphatic rings. The normalized spacial score (nSPS) is 14.5. The van der Waals surface area contributed by atoms with E-state index in [9.17, 15) is 9.47 Å². The Morgan fingerprint density at radius 1 is 1.55 bits per heavy atom. The van der Waals surface area contributed by atoms with Crippen LogP contribution in [-0.4, -0.2) is 29.1 Å². The van der Waals surface area contributed by atoms with Gasteiger partial charge in [0.05, 0.1) is 0 Å². The second-order valence-corrected chi connectivity index (χ2v) is 4.87. The van der Waals surface area contributed by atoms with Gasteiger partial charge in [-0.05, 0) is 14.1 Å². The third kappa shape index (κ3) is 10.2. The van der Waals surface area contributed by atoms with Crippen molar-refractivity contribution in [1.82, 2.24) is 4.90 Å². The first-order valence-corrected chi connectivity index (χ1v) is 4.74. The van der Waals surface area contributed by atoms with Crippen LogP contribution in [0.3, 0.4) is 0 Å². The average Bonchev–Trinajstić information content (AvgIpc) is 1.63. The van der Waals surface area contributed by atoms with Crippen molar-refractivity contribution < 1.29 is 13.8 Å². The van der Waals surface area contributed by atoms with Crippen LogP contribution in [0.2, 0.25) is 0 Å². The topological polar surface area (TPSA) is 52.6 Å². The predicted molar refractivity (Wildman–Crippen MR) is 48.6 cm³/mol. The van der Waals surface area contributed by atoms with Gasteiger partial charge in [-0.3, -0.25) is 4.90 Å². The highest BCUT2D eigenvalue weighted by Crippen LogP contribution is 1.89. The summed E-state index contributed by atoms with van der Waals surface area (Å²) in [5.74, 6) is -0.00810. The van der Waals surface area contributed by atoms with Crippen molar-refractivity contribution in [2.24, 2.45) is 0 Å². The van der Waals surface area contributed by atoms with Gasteiger partial charge in [0, 0.05) is 11.2 Å². The zero-order valence-corrected chi connectivity index (χ0v) is 6.83. The number of hydrogen-bond acceptors (Lipinski definition) is 5. The van der Waals surface area contributed by atoms with Crippen molar-refractivity contribution in [2.75, 3.05) is 20.0 Å². The minimum Gasteiger partial charge on any atom is -0.709 e. The highest BCUT2D eigenvalue weighted by Gasteiger charge is 2.01. The first-order chi connectivity index (χ1) is 3.98. The fraction of sp³-hybridized carbons (Fsp3) is 1.00. The van der Waals surface area contributed by atoms with Crippen molar-refractivity contribution >= 4 is 20.0 Å². The molecule has 0 amide bonds. The van der Waals surface area contributed by atoms with Gasteiger partial charge in [-0.15, -0.1) is 0 Å². The van der Waals surface area contributed by atoms with E-state index in [0.29, 0.717) is 0 Å². The van der Waals surface area contributed by atoms with E-state index >= 15 is 0 Å². The molecule has 0 aliphatic carbocycles. The lowest BCUT2D eigenvalue weighted by atomic mass is 11.0. The molecule has 6 heteroatoms. The summed E-state index contributed by atoms with van der Waals surface area (Å²) in [6, 6.07) is 0. The zero-order valence-electron chi connectivity index (χ0n) is 5.20. The van der Waals surface area contributed by atoms with E-state index < -0.39 is 8.77 Å². The first-order valence-electron chi connectivity index (χ1n) is 2.17. The number of hydrogen-bond donors (Lipinski definition) is 0. The summed E-state index contributed by atoms with van der Waals surface area (Å²) in [5, 5.41) is 9.58. The summed E-state index contributed by atoms with van der Waals surface area (Å²) < 4.78 is 13.9. The minimum absolute atomic E-state index is 0. The van der Waals surface area contributed by atoms with Gasteiger partial charge in [-0.2, -0.15) is 0 Å². The Balaban J connectivity index is -0.000000320. The Labute approximate surface area is 74.0 Å². The molecule has 1 unspecified atom stereocenters. The minimum atomic E-state index is -3.02. The van der Waals surface area contributed by atoms with E-state index in [1.165, 1.54) is 4.90 Å². The second-order valence-electron chi connectivity index (χ2n) is 1.83. The Kier molecular flexibility index (Phi) is 10.9. The summed E-state index contributed by atoms with van der Waals surface area (Å²) in [4.78, 5) is 1.53. The summed E-state index contributed by atoms with van der Waals surface area (Å²) in [6.07, 6.45) is 0. The lowest BCUT2D eigenvalue weighted by Crippen LogP contribution is -2.26. The average molecular weight is 202 g/mol. The van der Waals surface area contributed by atoms with E-state index in [0.717, 1.165) is 0 Å². The summed E-state index contributed by atoms with van der Waals surface area (Å²) in [7, 11) is 0.300. The van der Waals surface area contributed by atoms with Gasteiger partial charge in [0.25, 0.3) is 0 Å². The van der Waals surface area contributed by atoms with Crippen molar-refractivity contribution in [2.45, 2.75) is 14.9 Å². The molecule has 0 bridgehead atoms. The first kappa shape index (κ1) is 17.4. The third-order valence-corrected chi connectivity index (χ3v) is 2.04. The lowest BCUT2D eigenvalue weighted by molar-refractivity contribution is -0.633. The van der Waals surface area contributed by atoms with Gasteiger partial charge in [0.2, 0.25) is 0 Å². The summed E-state index contributed by atoms with van der Waals surface area (Å²) >= 11 is 4.27. The van der Waals surface area contributed by atoms with E-state index in [1.54, 1.807) is 14.1 Å². The van der Waals surface area contributed by atoms with Gasteiger partial charge in [-0.25, -0.2) is 4.21 Å². The maximum atomic E-state index is 10.6. The molecule has 72 valence electrons. The fourth-order valence-electron chi connectivity index (χ4n) is 0.338. The summed E-state index contributed by atoms with van der Waals surface area (Å²) in [5.41, 5.74) is 0. The smallest absolute Gasteiger partial charge is 0.149 e. The van der Waals surface area contributed by atoms with Gasteiger partial charge in [0.15, 0.2) is 0 Å². The number of nitrogens with zero attached hydrogens (tertiary/aromatic N) is 1. The van der Waals surface area contributed by atoms with Crippen molar-refractivity contribution in [3.05, 3.63) is 0 Å². The molecule has 0 aliphatic heterocycles. The molecular formula is C5H16NO3S2-. The van der Waals surface area contributed by atoms with Crippen LogP contribution in [0, 0.1) is 0 Å². The van der Waals surface area contributed by atoms with E-state index in [-0.39, 0.29) is 20.7 Å². The lowest BCUT2D eigenvalue weighted by Gasteiger charge is -2.14. The molecule has 0 aromatic carbocycles. The molecule has 0 saturated carbocycles. The quantitative estimate of drug-likeness (QED) is 0.466. The molecule has 0 rings (SSSR count). The van der Waals surface area contributed by atoms with Crippen molar-refractivity contribution in [3.8, 4) is 0 Å². The third-order valence-electron chi connectivity index (χ3n) is 0.520. The summed E-state index contributed by atoms with van der Waals surface area (Å²) in [6.45, 7) is 0. The van der Waals surface area contributed by atoms with Crippen LogP contribution in [0.4, 0.5) is 0 Å². The Bertz CT molecular complexity index is 165. The monoisotopic (exact) mass is 202 g/mol. The number of rotatable bonds is 3. The molecule has 4 nitrogen and oxygen atoms in total. The van der Waals surface area contributed by atoms with Crippen LogP contribution >= 0.6 is 0 Å². The molecule has 0 N–H and O–H groups in total. The molecule has 11 heavy (non-hydrogen) atoms. The fourth-order valence-corrected chi connectivity index (χ4v) is 1.65. The molecule has 1 atom stereocenters. The SMILES string of the molecule is C.C.CN(C)CS(=O)(=S)O[O-]. The van der Waals surface area contributed by atoms with E-state index in [1.807, 2.05) is 0 Å². The molecular weight excluding hydrogens is 186 g/mol. The molecule has 0 aromatic rings. The highest BCUT2D eigenvalue weighted by molar-refractivity contribution is 8.30. The maximum absolute atomic E-state index is 10.6. The van der Waals surface area contributed by atoms with E-state index in [4.69, 9.17) is 0 Å². The molecule has 0 spiro atoms. The molecule has 0 heterocycles. The molecule has 0 saturated heterocycles. The molecule has 0 radical (unpaired) electrons. The largest absolute Gasteiger partial charge is 0.709 e. The van der Waals surface area contributed by atoms with Crippen LogP contribution < -0.4 is 5.26 Å². The van der Waals surface area contributed by atoms with E-state index in [2.05, 4.69) is 15.5 Å². The van der Waals surface area contributed by atoms with Crippen molar-refractivity contribution in [3.63, 3.8) is 0 Å². The molecule has 0 fully saturated rings. The predicted octanol–water partition coefficient (Wildman–Crippen LogP) is -0.269. The van der Waals surface area contributed by atoms with Gasteiger partial charge >= 0.3 is 0 Å². The van der Waals surface area contributed by atoms with Crippen LogP contribution in [0.5, 0.6) is 0 Å². The Morgan fingerprint density at radius 3 is 2.00 bits per heavy atom. The zero-order chi connectivity index (χ0) is 7.49. The maximum Gasteiger partial charge on any atom is 0.149 e. The Morgan fingerprint density at radius 2 is 1.91 bits per heavy atom. The van der Waals surface area contributed by atoms with Gasteiger partial charge in [0.1, 0.15) is 14.6 Å². The molecule has 0 aromatic heterocycles. The highest BCUT2D eigenvalue weighted by atomic mass is 32.8. The van der Waals surface area contributed by atoms with Crippen LogP contribution in [-0.2, 0) is 24.3 Å². The van der Waals surface area contributed by atoms with Crippen molar-refractivity contribution in [1.29, 1.82) is 0 Å². The van der Waals surface area contributed by atoms with Crippen LogP contribution in [0.15, 0.2) is 0 Å². The van der Waals surface area contributed by atoms with Gasteiger partial charge in [-0.1, -0.05) is 14.9 Å². The van der Waals surface area contributed by atoms with Crippen LogP contribution in [0.25, 0.3) is 0 Å². The Hall–Kier alpha value is 0.250. The second kappa shape index (κ2) is 6.93. The van der Waals surface area contributed by atoms with Gasteiger partial charge < -0.3 is 9.59 Å². The standard InChI is InChI=1S/C3H9NO3S2.2CH4/c1-4(2)3-9(6,8)7-5;;/h5H,3H2,1-2H3;2*1H4/p-1. The van der Waals surface area contributed by atoms with Crippen LogP contribution in [0.1, 0.15) is 14.9 Å².